The Kier molecular flexibility index (Phi) is 6.50. The number of nitrogens with zero attached hydrogens (tertiary/aromatic N) is 6. The van der Waals surface area contributed by atoms with Gasteiger partial charge < -0.3 is 9.30 Å². The van der Waals surface area contributed by atoms with Gasteiger partial charge in [-0.15, -0.1) is 11.8 Å². The molecule has 0 atom stereocenters. The Morgan fingerprint density at radius 1 is 0.919 bits per heavy atom. The highest BCUT2D eigenvalue weighted by atomic mass is 32.2. The van der Waals surface area contributed by atoms with Gasteiger partial charge in [-0.3, -0.25) is 19.8 Å². The molecule has 5 aromatic rings. The molecule has 37 heavy (non-hydrogen) atoms. The third-order valence-electron chi connectivity index (χ3n) is 5.62. The number of benzene rings is 1. The van der Waals surface area contributed by atoms with Crippen LogP contribution in [0.15, 0.2) is 72.4 Å². The maximum atomic E-state index is 13.1. The van der Waals surface area contributed by atoms with E-state index in [1.54, 1.807) is 57.8 Å². The summed E-state index contributed by atoms with van der Waals surface area (Å²) in [7, 11) is 3.57. The lowest BCUT2D eigenvalue weighted by Gasteiger charge is -2.15. The first kappa shape index (κ1) is 24.6. The van der Waals surface area contributed by atoms with E-state index in [4.69, 9.17) is 10.1 Å². The van der Waals surface area contributed by atoms with Crippen molar-refractivity contribution < 1.29 is 17.9 Å². The molecule has 1 N–H and O–H groups in total. The normalized spacial score (nSPS) is 11.8. The minimum absolute atomic E-state index is 0.102. The number of aromatic nitrogens is 6. The number of ether oxygens (including phenoxy) is 1. The smallest absolute Gasteiger partial charge is 0.422 e. The monoisotopic (exact) mass is 525 g/mol. The standard InChI is InChI=1S/C25H22F3N7OS/c1-33-11-17(8-31-33)16-3-6-23(29)35(13-16)15-37-19-4-5-22-20(7-19)24(36-14-25(26,27)28)21(10-30-22)18-9-32-34(2)12-18/h3-13,29H,14-15H2,1-2H3. The molecule has 0 radical (unpaired) electrons. The highest BCUT2D eigenvalue weighted by molar-refractivity contribution is 7.98. The molecule has 0 unspecified atom stereocenters. The Bertz CT molecular complexity index is 1640. The molecular weight excluding hydrogens is 503 g/mol. The van der Waals surface area contributed by atoms with Gasteiger partial charge in [0.15, 0.2) is 6.61 Å². The molecule has 0 aliphatic heterocycles. The van der Waals surface area contributed by atoms with E-state index in [2.05, 4.69) is 15.2 Å². The van der Waals surface area contributed by atoms with Crippen molar-refractivity contribution in [1.29, 1.82) is 5.41 Å². The lowest BCUT2D eigenvalue weighted by atomic mass is 10.1. The largest absolute Gasteiger partial charge is 0.483 e. The van der Waals surface area contributed by atoms with E-state index in [0.717, 1.165) is 16.0 Å². The van der Waals surface area contributed by atoms with Crippen LogP contribution in [0.25, 0.3) is 33.2 Å². The fourth-order valence-corrected chi connectivity index (χ4v) is 4.72. The van der Waals surface area contributed by atoms with E-state index in [1.807, 2.05) is 31.6 Å². The average Bonchev–Trinajstić information content (AvgIpc) is 3.49. The second kappa shape index (κ2) is 9.77. The Morgan fingerprint density at radius 3 is 2.32 bits per heavy atom. The lowest BCUT2D eigenvalue weighted by Crippen LogP contribution is -2.19. The van der Waals surface area contributed by atoms with E-state index >= 15 is 0 Å². The number of thioether (sulfide) groups is 1. The highest BCUT2D eigenvalue weighted by Gasteiger charge is 2.29. The molecule has 0 bridgehead atoms. The van der Waals surface area contributed by atoms with Gasteiger partial charge in [0.2, 0.25) is 0 Å². The Hall–Kier alpha value is -4.06. The minimum atomic E-state index is -4.49. The second-order valence-electron chi connectivity index (χ2n) is 8.44. The maximum Gasteiger partial charge on any atom is 0.422 e. The molecule has 190 valence electrons. The van der Waals surface area contributed by atoms with Gasteiger partial charge in [-0.2, -0.15) is 23.4 Å². The van der Waals surface area contributed by atoms with Gasteiger partial charge >= 0.3 is 6.18 Å². The summed E-state index contributed by atoms with van der Waals surface area (Å²) < 4.78 is 49.6. The molecule has 0 aliphatic rings. The van der Waals surface area contributed by atoms with Gasteiger partial charge in [0.1, 0.15) is 11.2 Å². The molecular formula is C25H22F3N7OS. The van der Waals surface area contributed by atoms with Gasteiger partial charge in [-0.05, 0) is 30.3 Å². The number of alkyl halides is 3. The molecule has 1 aromatic carbocycles. The van der Waals surface area contributed by atoms with E-state index in [9.17, 15) is 13.2 Å². The fraction of sp³-hybridized carbons (Fsp3) is 0.200. The summed E-state index contributed by atoms with van der Waals surface area (Å²) in [5, 5.41) is 17.1. The number of halogens is 3. The molecule has 0 spiro atoms. The molecule has 0 aliphatic carbocycles. The van der Waals surface area contributed by atoms with Gasteiger partial charge in [0, 0.05) is 71.4 Å². The van der Waals surface area contributed by atoms with Crippen molar-refractivity contribution in [2.24, 2.45) is 14.1 Å². The first-order valence-corrected chi connectivity index (χ1v) is 12.1. The predicted molar refractivity (Wildman–Crippen MR) is 134 cm³/mol. The summed E-state index contributed by atoms with van der Waals surface area (Å²) in [4.78, 5) is 5.24. The van der Waals surface area contributed by atoms with Crippen LogP contribution in [0.2, 0.25) is 0 Å². The first-order valence-electron chi connectivity index (χ1n) is 11.1. The predicted octanol–water partition coefficient (Wildman–Crippen LogP) is 5.01. The topological polar surface area (TPSA) is 86.5 Å². The number of aryl methyl sites for hydroxylation is 2. The molecule has 0 saturated heterocycles. The molecule has 4 heterocycles. The van der Waals surface area contributed by atoms with Crippen LogP contribution in [0, 0.1) is 5.41 Å². The summed E-state index contributed by atoms with van der Waals surface area (Å²) in [5.41, 5.74) is 3.74. The molecule has 8 nitrogen and oxygen atoms in total. The fourth-order valence-electron chi connectivity index (χ4n) is 3.85. The first-order chi connectivity index (χ1) is 17.7. The van der Waals surface area contributed by atoms with Crippen molar-refractivity contribution in [2.45, 2.75) is 16.9 Å². The Balaban J connectivity index is 1.48. The molecule has 0 fully saturated rings. The number of fused-ring (bicyclic) bond motifs is 1. The van der Waals surface area contributed by atoms with Crippen molar-refractivity contribution in [2.75, 3.05) is 6.61 Å². The number of nitrogens with one attached hydrogen (secondary N) is 1. The van der Waals surface area contributed by atoms with Crippen molar-refractivity contribution >= 4 is 22.7 Å². The van der Waals surface area contributed by atoms with Crippen LogP contribution in [0.5, 0.6) is 5.75 Å². The zero-order valence-electron chi connectivity index (χ0n) is 19.9. The third kappa shape index (κ3) is 5.53. The van der Waals surface area contributed by atoms with Gasteiger partial charge in [0.25, 0.3) is 0 Å². The SMILES string of the molecule is Cn1cc(-c2ccc(=N)n(CSc3ccc4ncc(-c5cnn(C)c5)c(OCC(F)(F)F)c4c3)c2)cn1. The van der Waals surface area contributed by atoms with Crippen molar-refractivity contribution in [3.8, 4) is 28.0 Å². The van der Waals surface area contributed by atoms with Crippen LogP contribution in [0.4, 0.5) is 13.2 Å². The zero-order chi connectivity index (χ0) is 26.2. The molecule has 12 heteroatoms. The summed E-state index contributed by atoms with van der Waals surface area (Å²) in [5.74, 6) is 0.526. The average molecular weight is 526 g/mol. The number of pyridine rings is 2. The summed E-state index contributed by atoms with van der Waals surface area (Å²) >= 11 is 1.45. The number of hydrogen-bond acceptors (Lipinski definition) is 6. The lowest BCUT2D eigenvalue weighted by molar-refractivity contribution is -0.153. The summed E-state index contributed by atoms with van der Waals surface area (Å²) in [6, 6.07) is 8.96. The Labute approximate surface area is 213 Å². The molecule has 5 rings (SSSR count). The van der Waals surface area contributed by atoms with Crippen molar-refractivity contribution in [1.82, 2.24) is 29.1 Å². The van der Waals surface area contributed by atoms with E-state index < -0.39 is 12.8 Å². The van der Waals surface area contributed by atoms with Crippen LogP contribution in [-0.2, 0) is 20.0 Å². The maximum absolute atomic E-state index is 13.1. The molecule has 4 aromatic heterocycles. The van der Waals surface area contributed by atoms with Crippen molar-refractivity contribution in [3.05, 3.63) is 73.0 Å². The van der Waals surface area contributed by atoms with Gasteiger partial charge in [0.05, 0.1) is 23.8 Å². The summed E-state index contributed by atoms with van der Waals surface area (Å²) in [6.07, 6.45) is 5.81. The second-order valence-corrected chi connectivity index (χ2v) is 9.45. The Morgan fingerprint density at radius 2 is 1.65 bits per heavy atom. The van der Waals surface area contributed by atoms with E-state index in [-0.39, 0.29) is 5.75 Å². The van der Waals surface area contributed by atoms with Gasteiger partial charge in [-0.25, -0.2) is 0 Å². The molecule has 0 amide bonds. The van der Waals surface area contributed by atoms with Crippen LogP contribution < -0.4 is 10.2 Å². The zero-order valence-corrected chi connectivity index (χ0v) is 20.7. The van der Waals surface area contributed by atoms with Crippen molar-refractivity contribution in [3.63, 3.8) is 0 Å². The van der Waals surface area contributed by atoms with Crippen LogP contribution in [0.1, 0.15) is 0 Å². The van der Waals surface area contributed by atoms with Gasteiger partial charge in [-0.1, -0.05) is 0 Å². The minimum Gasteiger partial charge on any atom is -0.483 e. The number of rotatable bonds is 7. The number of hydrogen-bond donors (Lipinski definition) is 1. The van der Waals surface area contributed by atoms with E-state index in [1.165, 1.54) is 18.0 Å². The third-order valence-corrected chi connectivity index (χ3v) is 6.61. The van der Waals surface area contributed by atoms with Crippen LogP contribution in [0.3, 0.4) is 0 Å². The van der Waals surface area contributed by atoms with E-state index in [0.29, 0.717) is 33.4 Å². The highest BCUT2D eigenvalue weighted by Crippen LogP contribution is 2.38. The van der Waals surface area contributed by atoms with Crippen LogP contribution >= 0.6 is 11.8 Å². The summed E-state index contributed by atoms with van der Waals surface area (Å²) in [6.45, 7) is -1.42. The van der Waals surface area contributed by atoms with Crippen LogP contribution in [-0.4, -0.2) is 41.9 Å². The molecule has 0 saturated carbocycles. The quantitative estimate of drug-likeness (QED) is 0.302.